The number of aryl methyl sites for hydroxylation is 1. The number of nitrogens with one attached hydrogen (secondary N) is 3. The zero-order chi connectivity index (χ0) is 26.3. The van der Waals surface area contributed by atoms with E-state index in [0.717, 1.165) is 17.5 Å². The molecule has 8 nitrogen and oxygen atoms in total. The second-order valence-electron chi connectivity index (χ2n) is 9.37. The van der Waals surface area contributed by atoms with E-state index in [1.54, 1.807) is 37.4 Å². The average Bonchev–Trinajstić information content (AvgIpc) is 3.49. The number of rotatable bonds is 7. The number of allylic oxidation sites excluding steroid dienone is 1. The number of hydrogen-bond donors (Lipinski definition) is 4. The van der Waals surface area contributed by atoms with Crippen molar-refractivity contribution in [1.82, 2.24) is 15.3 Å². The van der Waals surface area contributed by atoms with Crippen molar-refractivity contribution >= 4 is 40.9 Å². The van der Waals surface area contributed by atoms with Crippen molar-refractivity contribution in [2.24, 2.45) is 23.5 Å². The predicted molar refractivity (Wildman–Crippen MR) is 141 cm³/mol. The third-order valence-corrected chi connectivity index (χ3v) is 7.36. The zero-order valence-corrected chi connectivity index (χ0v) is 21.0. The quantitative estimate of drug-likeness (QED) is 0.342. The molecule has 2 aromatic carbocycles. The van der Waals surface area contributed by atoms with E-state index in [9.17, 15) is 9.59 Å². The van der Waals surface area contributed by atoms with Crippen molar-refractivity contribution in [2.45, 2.75) is 19.4 Å². The molecule has 5 N–H and O–H groups in total. The van der Waals surface area contributed by atoms with Gasteiger partial charge in [0, 0.05) is 18.7 Å². The summed E-state index contributed by atoms with van der Waals surface area (Å²) in [6.07, 6.45) is 6.40. The van der Waals surface area contributed by atoms with Crippen LogP contribution in [0.5, 0.6) is 0 Å². The summed E-state index contributed by atoms with van der Waals surface area (Å²) in [5.41, 5.74) is 8.70. The number of primary amides is 1. The van der Waals surface area contributed by atoms with E-state index < -0.39 is 5.82 Å². The first-order valence-corrected chi connectivity index (χ1v) is 12.3. The smallest absolute Gasteiger partial charge is 0.251 e. The topological polar surface area (TPSA) is 122 Å². The zero-order valence-electron chi connectivity index (χ0n) is 20.3. The van der Waals surface area contributed by atoms with E-state index in [4.69, 9.17) is 17.3 Å². The number of nitrogens with zero attached hydrogens (tertiary/aromatic N) is 2. The molecule has 0 saturated heterocycles. The van der Waals surface area contributed by atoms with Crippen LogP contribution in [-0.4, -0.2) is 34.9 Å². The minimum atomic E-state index is -0.490. The van der Waals surface area contributed by atoms with E-state index in [1.807, 2.05) is 13.0 Å². The summed E-state index contributed by atoms with van der Waals surface area (Å²) in [4.78, 5) is 32.5. The van der Waals surface area contributed by atoms with Gasteiger partial charge in [0.25, 0.3) is 5.91 Å². The minimum Gasteiger partial charge on any atom is -0.369 e. The van der Waals surface area contributed by atoms with Crippen molar-refractivity contribution in [2.75, 3.05) is 17.7 Å². The van der Waals surface area contributed by atoms with Gasteiger partial charge < -0.3 is 21.7 Å². The van der Waals surface area contributed by atoms with Crippen LogP contribution in [0.2, 0.25) is 5.02 Å². The standard InChI is InChI=1S/C27H26ClFN6O2/c1-13-9-21(20(29)11-18(13)14-3-5-15(6-4-14)26(37)31-2)33-27-32-12-19(28)25(35-27)34-23-17-8-7-16(10-17)22(23)24(30)36/h3-9,11-12,16-17,22-23H,10H2,1-2H3,(H2,30,36)(H,31,37)(H2,32,33,34,35)/t16-,17+,22-,23+/m0/s1. The number of nitrogens with two attached hydrogens (primary N) is 1. The molecule has 1 saturated carbocycles. The molecule has 5 rings (SSSR count). The van der Waals surface area contributed by atoms with Crippen molar-refractivity contribution in [3.8, 4) is 11.1 Å². The van der Waals surface area contributed by atoms with Crippen LogP contribution in [0.25, 0.3) is 11.1 Å². The van der Waals surface area contributed by atoms with Gasteiger partial charge >= 0.3 is 0 Å². The molecule has 0 unspecified atom stereocenters. The molecule has 1 aromatic heterocycles. The van der Waals surface area contributed by atoms with Crippen LogP contribution >= 0.6 is 11.6 Å². The lowest BCUT2D eigenvalue weighted by Crippen LogP contribution is -2.41. The molecule has 190 valence electrons. The number of anilines is 3. The Hall–Kier alpha value is -3.98. The van der Waals surface area contributed by atoms with Crippen molar-refractivity contribution < 1.29 is 14.0 Å². The fourth-order valence-electron chi connectivity index (χ4n) is 5.25. The van der Waals surface area contributed by atoms with Crippen LogP contribution in [0.4, 0.5) is 21.8 Å². The Morgan fingerprint density at radius 3 is 2.57 bits per heavy atom. The number of hydrogen-bond acceptors (Lipinski definition) is 6. The molecule has 2 amide bonds. The Morgan fingerprint density at radius 2 is 1.86 bits per heavy atom. The van der Waals surface area contributed by atoms with Gasteiger partial charge in [0.1, 0.15) is 10.8 Å². The number of carbonyl (C=O) groups excluding carboxylic acids is 2. The molecular formula is C27H26ClFN6O2. The minimum absolute atomic E-state index is 0.105. The molecule has 3 aromatic rings. The fourth-order valence-corrected chi connectivity index (χ4v) is 5.39. The molecule has 2 aliphatic rings. The first-order chi connectivity index (χ1) is 17.7. The maximum atomic E-state index is 15.1. The van der Waals surface area contributed by atoms with Gasteiger partial charge in [0.05, 0.1) is 17.8 Å². The van der Waals surface area contributed by atoms with E-state index in [0.29, 0.717) is 16.9 Å². The molecule has 1 heterocycles. The molecule has 1 fully saturated rings. The summed E-state index contributed by atoms with van der Waals surface area (Å²) in [6, 6.07) is 9.84. The third kappa shape index (κ3) is 4.74. The Balaban J connectivity index is 1.37. The fraction of sp³-hybridized carbons (Fsp3) is 0.259. The highest BCUT2D eigenvalue weighted by Gasteiger charge is 2.47. The van der Waals surface area contributed by atoms with Crippen molar-refractivity contribution in [3.63, 3.8) is 0 Å². The van der Waals surface area contributed by atoms with Crippen molar-refractivity contribution in [3.05, 3.63) is 76.7 Å². The Labute approximate surface area is 218 Å². The molecule has 37 heavy (non-hydrogen) atoms. The summed E-state index contributed by atoms with van der Waals surface area (Å²) in [7, 11) is 1.57. The van der Waals surface area contributed by atoms with E-state index >= 15 is 4.39 Å². The SMILES string of the molecule is CNC(=O)c1ccc(-c2cc(F)c(Nc3ncc(Cl)c(N[C@H]4[C@@H](C(N)=O)[C@H]5C=C[C@@H]4C5)n3)cc2C)cc1. The van der Waals surface area contributed by atoms with Gasteiger partial charge in [-0.1, -0.05) is 35.9 Å². The van der Waals surface area contributed by atoms with Crippen LogP contribution in [0, 0.1) is 30.5 Å². The van der Waals surface area contributed by atoms with E-state index in [-0.39, 0.29) is 52.3 Å². The predicted octanol–water partition coefficient (Wildman–Crippen LogP) is 4.44. The maximum absolute atomic E-state index is 15.1. The molecule has 0 spiro atoms. The molecule has 10 heteroatoms. The van der Waals surface area contributed by atoms with Gasteiger partial charge in [-0.2, -0.15) is 4.98 Å². The lowest BCUT2D eigenvalue weighted by molar-refractivity contribution is -0.122. The lowest BCUT2D eigenvalue weighted by atomic mass is 9.88. The van der Waals surface area contributed by atoms with E-state index in [2.05, 4.69) is 32.0 Å². The Morgan fingerprint density at radius 1 is 1.14 bits per heavy atom. The molecule has 2 bridgehead atoms. The van der Waals surface area contributed by atoms with Crippen LogP contribution in [0.1, 0.15) is 22.3 Å². The molecule has 4 atom stereocenters. The largest absolute Gasteiger partial charge is 0.369 e. The molecule has 2 aliphatic carbocycles. The van der Waals surface area contributed by atoms with Crippen LogP contribution in [0.15, 0.2) is 54.7 Å². The number of aromatic nitrogens is 2. The summed E-state index contributed by atoms with van der Waals surface area (Å²) < 4.78 is 15.1. The Kier molecular flexibility index (Phi) is 6.55. The molecular weight excluding hydrogens is 495 g/mol. The van der Waals surface area contributed by atoms with Crippen molar-refractivity contribution in [1.29, 1.82) is 0 Å². The summed E-state index contributed by atoms with van der Waals surface area (Å²) in [5, 5.41) is 9.07. The molecule has 0 radical (unpaired) electrons. The van der Waals surface area contributed by atoms with Gasteiger partial charge in [0.15, 0.2) is 5.82 Å². The number of benzene rings is 2. The number of fused-ring (bicyclic) bond motifs is 2. The monoisotopic (exact) mass is 520 g/mol. The second-order valence-corrected chi connectivity index (χ2v) is 9.77. The van der Waals surface area contributed by atoms with Gasteiger partial charge in [-0.15, -0.1) is 0 Å². The van der Waals surface area contributed by atoms with Gasteiger partial charge in [-0.05, 0) is 66.1 Å². The number of amides is 2. The van der Waals surface area contributed by atoms with E-state index in [1.165, 1.54) is 12.3 Å². The van der Waals surface area contributed by atoms with Crippen LogP contribution in [-0.2, 0) is 4.79 Å². The van der Waals surface area contributed by atoms with Gasteiger partial charge in [0.2, 0.25) is 11.9 Å². The molecule has 0 aliphatic heterocycles. The first kappa shape index (κ1) is 24.7. The summed E-state index contributed by atoms with van der Waals surface area (Å²) in [6.45, 7) is 1.87. The summed E-state index contributed by atoms with van der Waals surface area (Å²) in [5.74, 6) is -0.626. The van der Waals surface area contributed by atoms with Crippen LogP contribution in [0.3, 0.4) is 0 Å². The number of carbonyl (C=O) groups is 2. The Bertz CT molecular complexity index is 1410. The number of halogens is 2. The van der Waals surface area contributed by atoms with Gasteiger partial charge in [-0.3, -0.25) is 9.59 Å². The first-order valence-electron chi connectivity index (χ1n) is 11.9. The average molecular weight is 521 g/mol. The second kappa shape index (κ2) is 9.82. The summed E-state index contributed by atoms with van der Waals surface area (Å²) >= 11 is 6.34. The maximum Gasteiger partial charge on any atom is 0.251 e. The highest BCUT2D eigenvalue weighted by molar-refractivity contribution is 6.32. The highest BCUT2D eigenvalue weighted by Crippen LogP contribution is 2.45. The van der Waals surface area contributed by atoms with Gasteiger partial charge in [-0.25, -0.2) is 9.37 Å². The third-order valence-electron chi connectivity index (χ3n) is 7.08. The highest BCUT2D eigenvalue weighted by atomic mass is 35.5. The lowest BCUT2D eigenvalue weighted by Gasteiger charge is -2.27. The normalized spacial score (nSPS) is 21.6. The van der Waals surface area contributed by atoms with Crippen LogP contribution < -0.4 is 21.7 Å².